The lowest BCUT2D eigenvalue weighted by Gasteiger charge is -2.12. The fourth-order valence-electron chi connectivity index (χ4n) is 3.23. The minimum Gasteiger partial charge on any atom is -0.317 e. The molecular formula is C16H16NOP. The van der Waals surface area contributed by atoms with E-state index in [1.807, 2.05) is 42.3 Å². The highest BCUT2D eigenvalue weighted by molar-refractivity contribution is 7.81. The summed E-state index contributed by atoms with van der Waals surface area (Å²) in [6, 6.07) is 12.0. The molecule has 0 saturated carbocycles. The molecule has 0 amide bonds. The van der Waals surface area contributed by atoms with Gasteiger partial charge in [-0.3, -0.25) is 0 Å². The molecule has 0 unspecified atom stereocenters. The van der Waals surface area contributed by atoms with Crippen LogP contribution in [-0.2, 0) is 17.4 Å². The van der Waals surface area contributed by atoms with Gasteiger partial charge in [0.25, 0.3) is 0 Å². The molecule has 19 heavy (non-hydrogen) atoms. The third-order valence-corrected chi connectivity index (χ3v) is 6.87. The van der Waals surface area contributed by atoms with E-state index in [2.05, 4.69) is 10.6 Å². The molecule has 0 spiro atoms. The van der Waals surface area contributed by atoms with Gasteiger partial charge >= 0.3 is 0 Å². The van der Waals surface area contributed by atoms with Crippen molar-refractivity contribution in [2.75, 3.05) is 0 Å². The molecule has 0 radical (unpaired) electrons. The van der Waals surface area contributed by atoms with Gasteiger partial charge in [0, 0.05) is 23.0 Å². The standard InChI is InChI=1S/C16H16NOP/c18-19(14-7-2-1-3-8-14)11-10-17-15-9-5-4-6-13(15)12-16(17)19/h1-3,7-8,10-12H,4-6,9H2/t19-/m1/s1. The summed E-state index contributed by atoms with van der Waals surface area (Å²) < 4.78 is 15.5. The van der Waals surface area contributed by atoms with Gasteiger partial charge in [0.05, 0.1) is 5.44 Å². The zero-order valence-electron chi connectivity index (χ0n) is 10.7. The van der Waals surface area contributed by atoms with Crippen LogP contribution in [-0.4, -0.2) is 4.57 Å². The molecule has 0 bridgehead atoms. The van der Waals surface area contributed by atoms with Crippen LogP contribution < -0.4 is 10.7 Å². The summed E-state index contributed by atoms with van der Waals surface area (Å²) in [6.07, 6.45) is 6.79. The first-order valence-electron chi connectivity index (χ1n) is 6.87. The fourth-order valence-corrected chi connectivity index (χ4v) is 5.61. The van der Waals surface area contributed by atoms with Gasteiger partial charge in [0.15, 0.2) is 7.14 Å². The Hall–Kier alpha value is -1.53. The van der Waals surface area contributed by atoms with E-state index >= 15 is 0 Å². The van der Waals surface area contributed by atoms with E-state index in [9.17, 15) is 4.57 Å². The van der Waals surface area contributed by atoms with Gasteiger partial charge in [-0.1, -0.05) is 30.3 Å². The van der Waals surface area contributed by atoms with Crippen molar-refractivity contribution in [2.45, 2.75) is 25.7 Å². The minimum absolute atomic E-state index is 0.944. The molecule has 3 heteroatoms. The van der Waals surface area contributed by atoms with Gasteiger partial charge < -0.3 is 9.13 Å². The van der Waals surface area contributed by atoms with Crippen LogP contribution in [0.4, 0.5) is 0 Å². The van der Waals surface area contributed by atoms with E-state index in [4.69, 9.17) is 0 Å². The highest BCUT2D eigenvalue weighted by Crippen LogP contribution is 2.50. The number of hydrogen-bond donors (Lipinski definition) is 0. The van der Waals surface area contributed by atoms with E-state index in [-0.39, 0.29) is 0 Å². The Kier molecular flexibility index (Phi) is 2.37. The third kappa shape index (κ3) is 1.53. The smallest absolute Gasteiger partial charge is 0.181 e. The van der Waals surface area contributed by atoms with Crippen LogP contribution in [0.5, 0.6) is 0 Å². The lowest BCUT2D eigenvalue weighted by Crippen LogP contribution is -2.16. The van der Waals surface area contributed by atoms with Crippen LogP contribution in [0.3, 0.4) is 0 Å². The Morgan fingerprint density at radius 3 is 2.68 bits per heavy atom. The van der Waals surface area contributed by atoms with E-state index in [1.54, 1.807) is 0 Å². The predicted molar refractivity (Wildman–Crippen MR) is 79.7 cm³/mol. The topological polar surface area (TPSA) is 22.0 Å². The SMILES string of the molecule is O=[P@@]1(c2ccccc2)C=Cn2c1cc1c2CCCC1. The first-order chi connectivity index (χ1) is 9.29. The van der Waals surface area contributed by atoms with Crippen molar-refractivity contribution in [3.05, 3.63) is 53.5 Å². The molecule has 4 rings (SSSR count). The molecule has 0 N–H and O–H groups in total. The summed E-state index contributed by atoms with van der Waals surface area (Å²) in [5.74, 6) is 1.91. The fraction of sp³-hybridized carbons (Fsp3) is 0.250. The maximum atomic E-state index is 13.3. The van der Waals surface area contributed by atoms with Crippen molar-refractivity contribution in [1.29, 1.82) is 0 Å². The molecular weight excluding hydrogens is 253 g/mol. The monoisotopic (exact) mass is 269 g/mol. The van der Waals surface area contributed by atoms with Gasteiger partial charge in [0.2, 0.25) is 0 Å². The Morgan fingerprint density at radius 1 is 1.05 bits per heavy atom. The number of nitrogens with zero attached hydrogens (tertiary/aromatic N) is 1. The van der Waals surface area contributed by atoms with Gasteiger partial charge in [-0.05, 0) is 37.3 Å². The van der Waals surface area contributed by atoms with Crippen molar-refractivity contribution in [1.82, 2.24) is 4.57 Å². The van der Waals surface area contributed by atoms with E-state index in [0.29, 0.717) is 0 Å². The Bertz CT molecular complexity index is 712. The van der Waals surface area contributed by atoms with E-state index in [0.717, 1.165) is 23.6 Å². The van der Waals surface area contributed by atoms with Crippen molar-refractivity contribution < 1.29 is 4.57 Å². The number of aromatic nitrogens is 1. The molecule has 2 nitrogen and oxygen atoms in total. The van der Waals surface area contributed by atoms with Crippen molar-refractivity contribution >= 4 is 24.1 Å². The Morgan fingerprint density at radius 2 is 1.84 bits per heavy atom. The highest BCUT2D eigenvalue weighted by Gasteiger charge is 2.34. The molecule has 0 fully saturated rings. The van der Waals surface area contributed by atoms with Crippen LogP contribution in [0, 0.1) is 0 Å². The van der Waals surface area contributed by atoms with E-state index in [1.165, 1.54) is 24.1 Å². The van der Waals surface area contributed by atoms with Gasteiger partial charge in [-0.15, -0.1) is 0 Å². The second kappa shape index (κ2) is 3.98. The predicted octanol–water partition coefficient (Wildman–Crippen LogP) is 3.12. The summed E-state index contributed by atoms with van der Waals surface area (Å²) in [5.41, 5.74) is 3.79. The molecule has 1 aromatic heterocycles. The van der Waals surface area contributed by atoms with Crippen LogP contribution in [0.1, 0.15) is 24.1 Å². The molecule has 1 aromatic carbocycles. The molecule has 2 heterocycles. The maximum absolute atomic E-state index is 13.3. The van der Waals surface area contributed by atoms with E-state index < -0.39 is 7.14 Å². The summed E-state index contributed by atoms with van der Waals surface area (Å²) in [4.78, 5) is 0. The number of rotatable bonds is 1. The molecule has 1 aliphatic carbocycles. The number of fused-ring (bicyclic) bond motifs is 3. The number of hydrogen-bond acceptors (Lipinski definition) is 1. The molecule has 1 atom stereocenters. The summed E-state index contributed by atoms with van der Waals surface area (Å²) in [5, 5.41) is 0.944. The van der Waals surface area contributed by atoms with Crippen molar-refractivity contribution in [3.8, 4) is 0 Å². The second-order valence-electron chi connectivity index (χ2n) is 5.34. The quantitative estimate of drug-likeness (QED) is 0.729. The molecule has 1 aliphatic heterocycles. The zero-order valence-corrected chi connectivity index (χ0v) is 11.6. The average molecular weight is 269 g/mol. The molecule has 96 valence electrons. The minimum atomic E-state index is -2.53. The zero-order chi connectivity index (χ0) is 12.9. The van der Waals surface area contributed by atoms with Crippen LogP contribution >= 0.6 is 7.14 Å². The summed E-state index contributed by atoms with van der Waals surface area (Å²) in [6.45, 7) is 0. The first kappa shape index (κ1) is 11.3. The van der Waals surface area contributed by atoms with Crippen LogP contribution in [0.25, 0.3) is 6.20 Å². The molecule has 2 aliphatic rings. The molecule has 0 saturated heterocycles. The first-order valence-corrected chi connectivity index (χ1v) is 8.65. The van der Waals surface area contributed by atoms with Crippen molar-refractivity contribution in [3.63, 3.8) is 0 Å². The third-order valence-electron chi connectivity index (χ3n) is 4.23. The largest absolute Gasteiger partial charge is 0.317 e. The van der Waals surface area contributed by atoms with Gasteiger partial charge in [0.1, 0.15) is 0 Å². The van der Waals surface area contributed by atoms with Gasteiger partial charge in [-0.25, -0.2) is 0 Å². The lowest BCUT2D eigenvalue weighted by atomic mass is 9.98. The normalized spacial score (nSPS) is 24.2. The Labute approximate surface area is 113 Å². The highest BCUT2D eigenvalue weighted by atomic mass is 31.2. The lowest BCUT2D eigenvalue weighted by molar-refractivity contribution is 0.592. The van der Waals surface area contributed by atoms with Crippen LogP contribution in [0.15, 0.2) is 42.2 Å². The van der Waals surface area contributed by atoms with Gasteiger partial charge in [-0.2, -0.15) is 0 Å². The second-order valence-corrected chi connectivity index (χ2v) is 7.93. The van der Waals surface area contributed by atoms with Crippen LogP contribution in [0.2, 0.25) is 0 Å². The Balaban J connectivity index is 1.92. The number of benzene rings is 1. The average Bonchev–Trinajstić information content (AvgIpc) is 2.99. The summed E-state index contributed by atoms with van der Waals surface area (Å²) in [7, 11) is -2.53. The summed E-state index contributed by atoms with van der Waals surface area (Å²) >= 11 is 0. The number of aryl methyl sites for hydroxylation is 1. The van der Waals surface area contributed by atoms with Crippen molar-refractivity contribution in [2.24, 2.45) is 0 Å². The maximum Gasteiger partial charge on any atom is 0.181 e. The molecule has 2 aromatic rings.